The molecule has 1 N–H and O–H groups in total. The van der Waals surface area contributed by atoms with E-state index in [1.54, 1.807) is 24.0 Å². The first-order valence-electron chi connectivity index (χ1n) is 10.2. The lowest BCUT2D eigenvalue weighted by molar-refractivity contribution is -0.131. The van der Waals surface area contributed by atoms with Crippen LogP contribution in [0.3, 0.4) is 0 Å². The average molecular weight is 452 g/mol. The number of nitrogens with zero attached hydrogens (tertiary/aromatic N) is 3. The molecule has 31 heavy (non-hydrogen) atoms. The molecule has 0 aliphatic carbocycles. The van der Waals surface area contributed by atoms with Gasteiger partial charge in [-0.25, -0.2) is 9.18 Å². The first-order chi connectivity index (χ1) is 14.8. The number of cyclic esters (lactones) is 1. The van der Waals surface area contributed by atoms with Gasteiger partial charge in [0.05, 0.1) is 24.5 Å². The van der Waals surface area contributed by atoms with E-state index < -0.39 is 18.0 Å². The minimum atomic E-state index is -0.582. The second-order valence-corrected chi connectivity index (χ2v) is 8.81. The minimum Gasteiger partial charge on any atom is -0.442 e. The van der Waals surface area contributed by atoms with E-state index in [2.05, 4.69) is 5.32 Å². The molecule has 1 unspecified atom stereocenters. The van der Waals surface area contributed by atoms with Crippen LogP contribution in [0.1, 0.15) is 20.3 Å². The molecule has 2 aliphatic rings. The summed E-state index contributed by atoms with van der Waals surface area (Å²) < 4.78 is 30.9. The first kappa shape index (κ1) is 22.9. The Labute approximate surface area is 181 Å². The number of amides is 3. The number of halogens is 1. The van der Waals surface area contributed by atoms with Crippen molar-refractivity contribution in [2.75, 3.05) is 49.1 Å². The molecule has 3 amide bonds. The molecule has 3 rings (SSSR count). The van der Waals surface area contributed by atoms with Gasteiger partial charge in [-0.2, -0.15) is 0 Å². The van der Waals surface area contributed by atoms with Crippen LogP contribution < -0.4 is 15.1 Å². The van der Waals surface area contributed by atoms with Crippen molar-refractivity contribution in [2.45, 2.75) is 32.0 Å². The Morgan fingerprint density at radius 3 is 2.61 bits per heavy atom. The van der Waals surface area contributed by atoms with E-state index in [0.717, 1.165) is 0 Å². The zero-order valence-electron chi connectivity index (χ0n) is 17.5. The lowest BCUT2D eigenvalue weighted by atomic mass is 10.2. The van der Waals surface area contributed by atoms with Crippen molar-refractivity contribution in [3.8, 4) is 0 Å². The van der Waals surface area contributed by atoms with Crippen molar-refractivity contribution in [1.82, 2.24) is 10.2 Å². The van der Waals surface area contributed by atoms with Crippen molar-refractivity contribution in [3.05, 3.63) is 24.0 Å². The summed E-state index contributed by atoms with van der Waals surface area (Å²) in [5, 5.41) is 2.60. The SMILES string of the molecule is CC(=O)NC[C@H]1CN(c2ccc(N3CCN(C(=O)CC(C)P=O)CC3)c(F)c2)C(=O)O1. The molecule has 168 valence electrons. The fourth-order valence-corrected chi connectivity index (χ4v) is 3.86. The van der Waals surface area contributed by atoms with E-state index in [-0.39, 0.29) is 45.4 Å². The molecule has 2 fully saturated rings. The number of nitrogens with one attached hydrogen (secondary N) is 1. The van der Waals surface area contributed by atoms with Crippen LogP contribution in [0.4, 0.5) is 20.6 Å². The lowest BCUT2D eigenvalue weighted by Crippen LogP contribution is -2.49. The van der Waals surface area contributed by atoms with Crippen LogP contribution in [-0.4, -0.2) is 73.8 Å². The molecule has 0 spiro atoms. The van der Waals surface area contributed by atoms with Crippen LogP contribution in [0, 0.1) is 5.82 Å². The molecule has 2 aliphatic heterocycles. The maximum absolute atomic E-state index is 14.8. The fraction of sp³-hybridized carbons (Fsp3) is 0.550. The third-order valence-corrected chi connectivity index (χ3v) is 5.86. The van der Waals surface area contributed by atoms with Crippen molar-refractivity contribution in [1.29, 1.82) is 0 Å². The molecule has 2 heterocycles. The largest absolute Gasteiger partial charge is 0.442 e. The van der Waals surface area contributed by atoms with E-state index in [1.165, 1.54) is 17.9 Å². The predicted molar refractivity (Wildman–Crippen MR) is 113 cm³/mol. The zero-order valence-corrected chi connectivity index (χ0v) is 18.4. The van der Waals surface area contributed by atoms with Gasteiger partial charge < -0.3 is 19.9 Å². The van der Waals surface area contributed by atoms with Gasteiger partial charge in [0.1, 0.15) is 11.9 Å². The molecular formula is C20H26FN4O5P. The Balaban J connectivity index is 1.59. The molecule has 2 atom stereocenters. The van der Waals surface area contributed by atoms with Gasteiger partial charge in [-0.15, -0.1) is 0 Å². The van der Waals surface area contributed by atoms with Gasteiger partial charge >= 0.3 is 6.09 Å². The highest BCUT2D eigenvalue weighted by atomic mass is 31.1. The molecule has 2 saturated heterocycles. The number of carbonyl (C=O) groups is 3. The molecule has 0 bridgehead atoms. The summed E-state index contributed by atoms with van der Waals surface area (Å²) in [6.07, 6.45) is -0.849. The van der Waals surface area contributed by atoms with Crippen molar-refractivity contribution in [2.24, 2.45) is 0 Å². The molecule has 0 radical (unpaired) electrons. The van der Waals surface area contributed by atoms with Gasteiger partial charge in [-0.1, -0.05) is 6.92 Å². The third kappa shape index (κ3) is 5.70. The zero-order chi connectivity index (χ0) is 22.5. The van der Waals surface area contributed by atoms with E-state index in [4.69, 9.17) is 4.74 Å². The van der Waals surface area contributed by atoms with Gasteiger partial charge in [-0.3, -0.25) is 19.1 Å². The molecule has 11 heteroatoms. The van der Waals surface area contributed by atoms with Gasteiger partial charge in [0.25, 0.3) is 0 Å². The number of piperazine rings is 1. The van der Waals surface area contributed by atoms with Gasteiger partial charge in [0.15, 0.2) is 8.46 Å². The summed E-state index contributed by atoms with van der Waals surface area (Å²) in [6.45, 7) is 5.45. The quantitative estimate of drug-likeness (QED) is 0.636. The lowest BCUT2D eigenvalue weighted by Gasteiger charge is -2.36. The highest BCUT2D eigenvalue weighted by Gasteiger charge is 2.33. The highest BCUT2D eigenvalue weighted by molar-refractivity contribution is 7.24. The van der Waals surface area contributed by atoms with Crippen LogP contribution in [-0.2, 0) is 18.9 Å². The Morgan fingerprint density at radius 1 is 1.29 bits per heavy atom. The number of benzene rings is 1. The Morgan fingerprint density at radius 2 is 2.00 bits per heavy atom. The molecular weight excluding hydrogens is 426 g/mol. The molecule has 1 aromatic rings. The second kappa shape index (κ2) is 10.0. The maximum Gasteiger partial charge on any atom is 0.414 e. The second-order valence-electron chi connectivity index (χ2n) is 7.72. The predicted octanol–water partition coefficient (Wildman–Crippen LogP) is 2.01. The molecule has 0 aromatic heterocycles. The average Bonchev–Trinajstić information content (AvgIpc) is 3.12. The van der Waals surface area contributed by atoms with Crippen molar-refractivity contribution < 1.29 is 28.1 Å². The third-order valence-electron chi connectivity index (χ3n) is 5.32. The summed E-state index contributed by atoms with van der Waals surface area (Å²) in [4.78, 5) is 40.3. The maximum atomic E-state index is 14.8. The van der Waals surface area contributed by atoms with Crippen LogP contribution in [0.2, 0.25) is 0 Å². The summed E-state index contributed by atoms with van der Waals surface area (Å²) in [5.41, 5.74) is 0.575. The molecule has 0 saturated carbocycles. The summed E-state index contributed by atoms with van der Waals surface area (Å²) in [5.74, 6) is -0.729. The number of carbonyl (C=O) groups excluding carboxylic acids is 3. The van der Waals surface area contributed by atoms with Crippen molar-refractivity contribution >= 4 is 37.7 Å². The van der Waals surface area contributed by atoms with E-state index >= 15 is 0 Å². The number of ether oxygens (including phenoxy) is 1. The van der Waals surface area contributed by atoms with Crippen LogP contribution in [0.15, 0.2) is 18.2 Å². The van der Waals surface area contributed by atoms with E-state index in [0.29, 0.717) is 37.6 Å². The van der Waals surface area contributed by atoms with Gasteiger partial charge in [0.2, 0.25) is 11.8 Å². The minimum absolute atomic E-state index is 0.0442. The normalized spacial score (nSPS) is 20.0. The number of rotatable bonds is 7. The van der Waals surface area contributed by atoms with Crippen LogP contribution >= 0.6 is 8.46 Å². The number of anilines is 2. The Bertz CT molecular complexity index is 862. The van der Waals surface area contributed by atoms with Crippen molar-refractivity contribution in [3.63, 3.8) is 0 Å². The summed E-state index contributed by atoms with van der Waals surface area (Å²) in [6, 6.07) is 4.58. The topological polar surface area (TPSA) is 99.3 Å². The summed E-state index contributed by atoms with van der Waals surface area (Å²) >= 11 is 0. The fourth-order valence-electron chi connectivity index (χ4n) is 3.63. The van der Waals surface area contributed by atoms with Crippen LogP contribution in [0.5, 0.6) is 0 Å². The molecule has 9 nitrogen and oxygen atoms in total. The van der Waals surface area contributed by atoms with E-state index in [9.17, 15) is 23.3 Å². The van der Waals surface area contributed by atoms with Gasteiger partial charge in [-0.05, 0) is 18.2 Å². The summed E-state index contributed by atoms with van der Waals surface area (Å²) in [7, 11) is -0.0442. The number of hydrogen-bond donors (Lipinski definition) is 1. The van der Waals surface area contributed by atoms with Gasteiger partial charge in [0, 0.05) is 45.2 Å². The monoisotopic (exact) mass is 452 g/mol. The molecule has 1 aromatic carbocycles. The van der Waals surface area contributed by atoms with E-state index in [1.807, 2.05) is 4.90 Å². The standard InChI is InChI=1S/C20H26FN4O5P/c1-13(31-29)9-19(27)24-7-5-23(6-8-24)18-4-3-15(10-17(18)21)25-12-16(30-20(25)28)11-22-14(2)26/h3-4,10,13,16H,5-9,11-12H2,1-2H3,(H,22,26)/t13?,16-/m0/s1. The smallest absolute Gasteiger partial charge is 0.414 e. The van der Waals surface area contributed by atoms with Crippen LogP contribution in [0.25, 0.3) is 0 Å². The first-order valence-corrected chi connectivity index (χ1v) is 11.0. The number of hydrogen-bond acceptors (Lipinski definition) is 6. The Hall–Kier alpha value is -2.74. The highest BCUT2D eigenvalue weighted by Crippen LogP contribution is 2.28. The Kier molecular flexibility index (Phi) is 7.43.